The summed E-state index contributed by atoms with van der Waals surface area (Å²) in [6.07, 6.45) is 19.3. The molecule has 2 aliphatic heterocycles. The summed E-state index contributed by atoms with van der Waals surface area (Å²) in [6.45, 7) is 3.90. The maximum Gasteiger partial charge on any atom is 0.163 e. The molecule has 4 N–H and O–H groups in total. The molecule has 0 bridgehead atoms. The van der Waals surface area contributed by atoms with E-state index in [4.69, 9.17) is 20.9 Å². The van der Waals surface area contributed by atoms with Crippen molar-refractivity contribution in [3.8, 4) is 0 Å². The highest BCUT2D eigenvalue weighted by atomic mass is 16.5. The Morgan fingerprint density at radius 1 is 0.818 bits per heavy atom. The molecule has 33 heavy (non-hydrogen) atoms. The van der Waals surface area contributed by atoms with Crippen molar-refractivity contribution in [1.82, 2.24) is 0 Å². The molecule has 6 nitrogen and oxygen atoms in total. The summed E-state index contributed by atoms with van der Waals surface area (Å²) in [4.78, 5) is 9.04. The largest absolute Gasteiger partial charge is 0.456 e. The van der Waals surface area contributed by atoms with Crippen LogP contribution in [0, 0.1) is 11.8 Å². The van der Waals surface area contributed by atoms with Gasteiger partial charge in [0.1, 0.15) is 34.5 Å². The number of rotatable bonds is 1. The molecule has 6 rings (SSSR count). The number of nitrogens with two attached hydrogens (primary N) is 2. The minimum atomic E-state index is 0.513. The molecule has 2 unspecified atom stereocenters. The first-order valence-corrected chi connectivity index (χ1v) is 12.3. The number of aliphatic imine (C=N–C) groups is 2. The van der Waals surface area contributed by atoms with Crippen LogP contribution < -0.4 is 11.5 Å². The highest BCUT2D eigenvalue weighted by molar-refractivity contribution is 6.13. The second-order valence-corrected chi connectivity index (χ2v) is 9.41. The summed E-state index contributed by atoms with van der Waals surface area (Å²) in [5, 5.41) is 0. The van der Waals surface area contributed by atoms with Gasteiger partial charge in [-0.1, -0.05) is 19.1 Å². The van der Waals surface area contributed by atoms with Crippen LogP contribution in [0.25, 0.3) is 0 Å². The second-order valence-electron chi connectivity index (χ2n) is 9.41. The molecule has 2 heterocycles. The van der Waals surface area contributed by atoms with Gasteiger partial charge in [0, 0.05) is 6.42 Å². The second kappa shape index (κ2) is 9.08. The van der Waals surface area contributed by atoms with E-state index in [0.717, 1.165) is 60.8 Å². The van der Waals surface area contributed by atoms with Crippen LogP contribution in [0.15, 0.2) is 80.1 Å². The van der Waals surface area contributed by atoms with Gasteiger partial charge in [-0.15, -0.1) is 0 Å². The van der Waals surface area contributed by atoms with Crippen molar-refractivity contribution in [2.45, 2.75) is 71.6 Å². The SMILES string of the molecule is CC1=C(N)N=C2C(=CCC3CCCC=C23)O1.CCC1=C(N)N=C2C(=CCC3CCCC=C23)O1. The van der Waals surface area contributed by atoms with Gasteiger partial charge in [0.2, 0.25) is 0 Å². The molecular formula is C27H34N4O2. The van der Waals surface area contributed by atoms with Gasteiger partial charge in [-0.05, 0) is 93.4 Å². The third-order valence-corrected chi connectivity index (χ3v) is 7.24. The van der Waals surface area contributed by atoms with Crippen LogP contribution in [0.5, 0.6) is 0 Å². The van der Waals surface area contributed by atoms with E-state index >= 15 is 0 Å². The van der Waals surface area contributed by atoms with Gasteiger partial charge < -0.3 is 20.9 Å². The van der Waals surface area contributed by atoms with E-state index in [0.29, 0.717) is 29.2 Å². The van der Waals surface area contributed by atoms with Crippen molar-refractivity contribution in [1.29, 1.82) is 0 Å². The first kappa shape index (κ1) is 21.8. The summed E-state index contributed by atoms with van der Waals surface area (Å²) in [6, 6.07) is 0. The Morgan fingerprint density at radius 3 is 1.94 bits per heavy atom. The summed E-state index contributed by atoms with van der Waals surface area (Å²) in [7, 11) is 0. The Labute approximate surface area is 196 Å². The van der Waals surface area contributed by atoms with Crippen LogP contribution >= 0.6 is 0 Å². The minimum absolute atomic E-state index is 0.513. The van der Waals surface area contributed by atoms with E-state index in [1.165, 1.54) is 36.8 Å². The fourth-order valence-corrected chi connectivity index (χ4v) is 5.39. The van der Waals surface area contributed by atoms with Crippen LogP contribution in [0.2, 0.25) is 0 Å². The van der Waals surface area contributed by atoms with E-state index in [-0.39, 0.29) is 0 Å². The molecule has 2 atom stereocenters. The average molecular weight is 447 g/mol. The number of hydrogen-bond donors (Lipinski definition) is 2. The molecule has 0 fully saturated rings. The van der Waals surface area contributed by atoms with Crippen LogP contribution in [-0.4, -0.2) is 11.4 Å². The van der Waals surface area contributed by atoms with Gasteiger partial charge in [0.25, 0.3) is 0 Å². The zero-order valence-corrected chi connectivity index (χ0v) is 19.7. The Hall–Kier alpha value is -3.02. The van der Waals surface area contributed by atoms with Crippen LogP contribution in [0.3, 0.4) is 0 Å². The molecule has 0 spiro atoms. The number of fused-ring (bicyclic) bond motifs is 6. The van der Waals surface area contributed by atoms with E-state index in [1.54, 1.807) is 0 Å². The Balaban J connectivity index is 0.000000139. The van der Waals surface area contributed by atoms with Crippen molar-refractivity contribution >= 4 is 11.4 Å². The van der Waals surface area contributed by atoms with Crippen LogP contribution in [0.4, 0.5) is 0 Å². The highest BCUT2D eigenvalue weighted by Crippen LogP contribution is 2.39. The molecule has 6 heteroatoms. The molecule has 0 saturated heterocycles. The zero-order chi connectivity index (χ0) is 22.9. The van der Waals surface area contributed by atoms with Gasteiger partial charge >= 0.3 is 0 Å². The fraction of sp³-hybridized carbons (Fsp3) is 0.481. The van der Waals surface area contributed by atoms with Crippen molar-refractivity contribution in [2.75, 3.05) is 0 Å². The predicted octanol–water partition coefficient (Wildman–Crippen LogP) is 5.63. The summed E-state index contributed by atoms with van der Waals surface area (Å²) in [5.74, 6) is 5.65. The lowest BCUT2D eigenvalue weighted by Gasteiger charge is -2.31. The molecule has 0 saturated carbocycles. The molecule has 4 aliphatic carbocycles. The van der Waals surface area contributed by atoms with E-state index in [9.17, 15) is 0 Å². The van der Waals surface area contributed by atoms with E-state index < -0.39 is 0 Å². The number of allylic oxidation sites excluding steroid dienone is 8. The van der Waals surface area contributed by atoms with Crippen molar-refractivity contribution in [3.63, 3.8) is 0 Å². The molecule has 0 radical (unpaired) electrons. The van der Waals surface area contributed by atoms with Crippen LogP contribution in [0.1, 0.15) is 71.6 Å². The van der Waals surface area contributed by atoms with Crippen LogP contribution in [-0.2, 0) is 9.47 Å². The maximum absolute atomic E-state index is 5.93. The average Bonchev–Trinajstić information content (AvgIpc) is 2.85. The zero-order valence-electron chi connectivity index (χ0n) is 19.7. The van der Waals surface area contributed by atoms with Gasteiger partial charge in [0.15, 0.2) is 11.6 Å². The summed E-state index contributed by atoms with van der Waals surface area (Å²) < 4.78 is 11.5. The highest BCUT2D eigenvalue weighted by Gasteiger charge is 2.32. The normalized spacial score (nSPS) is 27.8. The Bertz CT molecular complexity index is 1100. The van der Waals surface area contributed by atoms with Gasteiger partial charge in [-0.25, -0.2) is 9.98 Å². The monoisotopic (exact) mass is 446 g/mol. The number of hydrogen-bond acceptors (Lipinski definition) is 6. The first-order chi connectivity index (χ1) is 16.0. The Morgan fingerprint density at radius 2 is 1.36 bits per heavy atom. The van der Waals surface area contributed by atoms with Gasteiger partial charge in [0.05, 0.1) is 0 Å². The van der Waals surface area contributed by atoms with Crippen molar-refractivity contribution < 1.29 is 9.47 Å². The molecule has 6 aliphatic rings. The number of ether oxygens (including phenoxy) is 2. The first-order valence-electron chi connectivity index (χ1n) is 12.3. The predicted molar refractivity (Wildman–Crippen MR) is 132 cm³/mol. The molecule has 0 amide bonds. The third kappa shape index (κ3) is 4.19. The minimum Gasteiger partial charge on any atom is -0.456 e. The summed E-state index contributed by atoms with van der Waals surface area (Å²) in [5.41, 5.74) is 16.4. The standard InChI is InChI=1S/C14H18N2O.C13H16N2O/c1-2-11-14(15)16-13-10-6-4-3-5-9(10)7-8-12(13)17-11;1-8-13(14)15-12-10-5-3-2-4-9(10)6-7-11(12)16-8/h6,8-9H,2-5,7,15H2,1H3;5,7,9H,2-4,6,14H2,1H3. The van der Waals surface area contributed by atoms with E-state index in [2.05, 4.69) is 34.3 Å². The van der Waals surface area contributed by atoms with Crippen molar-refractivity contribution in [3.05, 3.63) is 70.1 Å². The molecule has 0 aromatic heterocycles. The molecule has 0 aromatic rings. The number of nitrogens with zero attached hydrogens (tertiary/aromatic N) is 2. The lowest BCUT2D eigenvalue weighted by atomic mass is 9.79. The quantitative estimate of drug-likeness (QED) is 0.546. The Kier molecular flexibility index (Phi) is 6.00. The smallest absolute Gasteiger partial charge is 0.163 e. The summed E-state index contributed by atoms with van der Waals surface area (Å²) >= 11 is 0. The molecular weight excluding hydrogens is 412 g/mol. The van der Waals surface area contributed by atoms with Gasteiger partial charge in [-0.3, -0.25) is 0 Å². The fourth-order valence-electron chi connectivity index (χ4n) is 5.39. The topological polar surface area (TPSA) is 95.2 Å². The lowest BCUT2D eigenvalue weighted by molar-refractivity contribution is 0.297. The third-order valence-electron chi connectivity index (χ3n) is 7.24. The maximum atomic E-state index is 5.93. The molecule has 174 valence electrons. The van der Waals surface area contributed by atoms with Gasteiger partial charge in [-0.2, -0.15) is 0 Å². The van der Waals surface area contributed by atoms with Crippen molar-refractivity contribution in [2.24, 2.45) is 33.3 Å². The van der Waals surface area contributed by atoms with E-state index in [1.807, 2.05) is 13.8 Å². The molecule has 0 aromatic carbocycles. The lowest BCUT2D eigenvalue weighted by Crippen LogP contribution is -2.27.